The van der Waals surface area contributed by atoms with E-state index in [4.69, 9.17) is 0 Å². The lowest BCUT2D eigenvalue weighted by Crippen LogP contribution is -2.53. The summed E-state index contributed by atoms with van der Waals surface area (Å²) in [6, 6.07) is 23.5. The Morgan fingerprint density at radius 3 is 1.92 bits per heavy atom. The summed E-state index contributed by atoms with van der Waals surface area (Å²) in [7, 11) is -3.78. The Morgan fingerprint density at radius 2 is 1.38 bits per heavy atom. The van der Waals surface area contributed by atoms with Gasteiger partial charge in [-0.05, 0) is 43.0 Å². The molecule has 0 fully saturated rings. The Morgan fingerprint density at radius 1 is 0.821 bits per heavy atom. The van der Waals surface area contributed by atoms with Crippen molar-refractivity contribution >= 4 is 27.5 Å². The van der Waals surface area contributed by atoms with E-state index in [2.05, 4.69) is 5.32 Å². The summed E-state index contributed by atoms with van der Waals surface area (Å²) >= 11 is 0. The summed E-state index contributed by atoms with van der Waals surface area (Å²) in [6.45, 7) is 8.12. The standard InChI is InChI=1S/C31H39N3O4S/c1-23(2)20-32-31(36)29(19-26-9-7-6-8-10-26)33(21-27-15-11-24(3)12-16-27)30(35)22-34(39(5,37)38)28-17-13-25(4)14-18-28/h6-18,23,29H,19-22H2,1-5H3,(H,32,36)/t29-/m1/s1. The molecular weight excluding hydrogens is 510 g/mol. The molecule has 3 aromatic carbocycles. The molecule has 0 heterocycles. The molecule has 7 nitrogen and oxygen atoms in total. The van der Waals surface area contributed by atoms with Crippen LogP contribution in [0.1, 0.15) is 36.1 Å². The molecule has 0 radical (unpaired) electrons. The third-order valence-corrected chi connectivity index (χ3v) is 7.57. The Balaban J connectivity index is 2.03. The monoisotopic (exact) mass is 549 g/mol. The lowest BCUT2D eigenvalue weighted by molar-refractivity contribution is -0.140. The van der Waals surface area contributed by atoms with Gasteiger partial charge >= 0.3 is 0 Å². The minimum atomic E-state index is -3.78. The molecule has 0 aliphatic heterocycles. The fraction of sp³-hybridized carbons (Fsp3) is 0.355. The van der Waals surface area contributed by atoms with E-state index in [1.54, 1.807) is 24.3 Å². The summed E-state index contributed by atoms with van der Waals surface area (Å²) in [5.74, 6) is -0.494. The lowest BCUT2D eigenvalue weighted by atomic mass is 10.0. The maximum Gasteiger partial charge on any atom is 0.244 e. The highest BCUT2D eigenvalue weighted by atomic mass is 32.2. The van der Waals surface area contributed by atoms with Crippen molar-refractivity contribution in [2.24, 2.45) is 5.92 Å². The topological polar surface area (TPSA) is 86.8 Å². The highest BCUT2D eigenvalue weighted by Gasteiger charge is 2.33. The van der Waals surface area contributed by atoms with Gasteiger partial charge in [-0.25, -0.2) is 8.42 Å². The Hall–Kier alpha value is -3.65. The van der Waals surface area contributed by atoms with Crippen molar-refractivity contribution in [2.75, 3.05) is 23.7 Å². The molecule has 0 aromatic heterocycles. The molecule has 1 N–H and O–H groups in total. The highest BCUT2D eigenvalue weighted by Crippen LogP contribution is 2.21. The first-order valence-electron chi connectivity index (χ1n) is 13.1. The van der Waals surface area contributed by atoms with E-state index in [-0.39, 0.29) is 18.4 Å². The van der Waals surface area contributed by atoms with Crippen LogP contribution in [-0.2, 0) is 32.6 Å². The smallest absolute Gasteiger partial charge is 0.244 e. The quantitative estimate of drug-likeness (QED) is 0.361. The fourth-order valence-corrected chi connectivity index (χ4v) is 5.04. The minimum absolute atomic E-state index is 0.164. The first kappa shape index (κ1) is 29.9. The SMILES string of the molecule is Cc1ccc(CN(C(=O)CN(c2ccc(C)cc2)S(C)(=O)=O)[C@H](Cc2ccccc2)C(=O)NCC(C)C)cc1. The molecule has 2 amide bonds. The maximum atomic E-state index is 14.0. The largest absolute Gasteiger partial charge is 0.354 e. The second kappa shape index (κ2) is 13.4. The van der Waals surface area contributed by atoms with Gasteiger partial charge in [-0.1, -0.05) is 91.7 Å². The van der Waals surface area contributed by atoms with Crippen LogP contribution in [0.15, 0.2) is 78.9 Å². The van der Waals surface area contributed by atoms with Crippen LogP contribution in [0.3, 0.4) is 0 Å². The zero-order valence-corrected chi connectivity index (χ0v) is 24.2. The molecule has 3 aromatic rings. The van der Waals surface area contributed by atoms with E-state index in [0.717, 1.165) is 32.8 Å². The van der Waals surface area contributed by atoms with Gasteiger partial charge in [-0.15, -0.1) is 0 Å². The molecule has 0 aliphatic carbocycles. The first-order valence-corrected chi connectivity index (χ1v) is 15.0. The highest BCUT2D eigenvalue weighted by molar-refractivity contribution is 7.92. The number of carbonyl (C=O) groups excluding carboxylic acids is 2. The van der Waals surface area contributed by atoms with E-state index in [9.17, 15) is 18.0 Å². The minimum Gasteiger partial charge on any atom is -0.354 e. The van der Waals surface area contributed by atoms with Gasteiger partial charge in [-0.3, -0.25) is 13.9 Å². The van der Waals surface area contributed by atoms with Gasteiger partial charge in [0.1, 0.15) is 12.6 Å². The molecule has 0 saturated carbocycles. The van der Waals surface area contributed by atoms with E-state index in [0.29, 0.717) is 18.7 Å². The number of hydrogen-bond donors (Lipinski definition) is 1. The normalized spacial score (nSPS) is 12.2. The summed E-state index contributed by atoms with van der Waals surface area (Å²) in [5, 5.41) is 2.99. The van der Waals surface area contributed by atoms with Crippen LogP contribution in [0.2, 0.25) is 0 Å². The molecule has 0 unspecified atom stereocenters. The number of nitrogens with zero attached hydrogens (tertiary/aromatic N) is 2. The number of aryl methyl sites for hydroxylation is 2. The van der Waals surface area contributed by atoms with Crippen molar-refractivity contribution < 1.29 is 18.0 Å². The summed E-state index contributed by atoms with van der Waals surface area (Å²) in [4.78, 5) is 29.1. The Labute approximate surface area is 232 Å². The zero-order chi connectivity index (χ0) is 28.6. The Kier molecular flexibility index (Phi) is 10.3. The fourth-order valence-electron chi connectivity index (χ4n) is 4.19. The average Bonchev–Trinajstić information content (AvgIpc) is 2.89. The second-order valence-corrected chi connectivity index (χ2v) is 12.4. The van der Waals surface area contributed by atoms with Crippen LogP contribution >= 0.6 is 0 Å². The second-order valence-electron chi connectivity index (χ2n) is 10.5. The van der Waals surface area contributed by atoms with Crippen molar-refractivity contribution in [3.05, 3.63) is 101 Å². The van der Waals surface area contributed by atoms with Crippen LogP contribution in [0.25, 0.3) is 0 Å². The number of rotatable bonds is 12. The number of carbonyl (C=O) groups is 2. The number of hydrogen-bond acceptors (Lipinski definition) is 4. The van der Waals surface area contributed by atoms with Crippen LogP contribution < -0.4 is 9.62 Å². The van der Waals surface area contributed by atoms with E-state index in [1.807, 2.05) is 82.3 Å². The number of nitrogens with one attached hydrogen (secondary N) is 1. The average molecular weight is 550 g/mol. The van der Waals surface area contributed by atoms with E-state index < -0.39 is 28.5 Å². The van der Waals surface area contributed by atoms with Crippen molar-refractivity contribution in [1.29, 1.82) is 0 Å². The van der Waals surface area contributed by atoms with Gasteiger partial charge in [0.2, 0.25) is 21.8 Å². The van der Waals surface area contributed by atoms with Crippen LogP contribution in [-0.4, -0.2) is 50.5 Å². The molecular formula is C31H39N3O4S. The molecule has 1 atom stereocenters. The van der Waals surface area contributed by atoms with Gasteiger partial charge in [0.05, 0.1) is 11.9 Å². The predicted octanol–water partition coefficient (Wildman–Crippen LogP) is 4.48. The third kappa shape index (κ3) is 8.96. The van der Waals surface area contributed by atoms with Gasteiger partial charge < -0.3 is 10.2 Å². The summed E-state index contributed by atoms with van der Waals surface area (Å²) < 4.78 is 26.7. The zero-order valence-electron chi connectivity index (χ0n) is 23.4. The van der Waals surface area contributed by atoms with Crippen LogP contribution in [0.4, 0.5) is 5.69 Å². The molecule has 0 bridgehead atoms. The molecule has 208 valence electrons. The van der Waals surface area contributed by atoms with E-state index in [1.165, 1.54) is 4.90 Å². The summed E-state index contributed by atoms with van der Waals surface area (Å²) in [6.07, 6.45) is 1.38. The molecule has 3 rings (SSSR count). The van der Waals surface area contributed by atoms with Gasteiger partial charge in [0.15, 0.2) is 0 Å². The molecule has 8 heteroatoms. The van der Waals surface area contributed by atoms with Crippen molar-refractivity contribution in [3.63, 3.8) is 0 Å². The van der Waals surface area contributed by atoms with Crippen molar-refractivity contribution in [1.82, 2.24) is 10.2 Å². The van der Waals surface area contributed by atoms with Crippen molar-refractivity contribution in [3.8, 4) is 0 Å². The Bertz CT molecular complexity index is 1340. The number of anilines is 1. The lowest BCUT2D eigenvalue weighted by Gasteiger charge is -2.33. The number of sulfonamides is 1. The predicted molar refractivity (Wildman–Crippen MR) is 157 cm³/mol. The van der Waals surface area contributed by atoms with Crippen molar-refractivity contribution in [2.45, 2.75) is 46.7 Å². The number of benzene rings is 3. The van der Waals surface area contributed by atoms with Gasteiger partial charge in [0, 0.05) is 19.5 Å². The number of amides is 2. The molecule has 0 saturated heterocycles. The third-order valence-electron chi connectivity index (χ3n) is 6.43. The van der Waals surface area contributed by atoms with Crippen LogP contribution in [0, 0.1) is 19.8 Å². The molecule has 39 heavy (non-hydrogen) atoms. The molecule has 0 aliphatic rings. The molecule has 0 spiro atoms. The first-order chi connectivity index (χ1) is 18.4. The maximum absolute atomic E-state index is 14.0. The van der Waals surface area contributed by atoms with Gasteiger partial charge in [-0.2, -0.15) is 0 Å². The van der Waals surface area contributed by atoms with E-state index >= 15 is 0 Å². The van der Waals surface area contributed by atoms with Crippen LogP contribution in [0.5, 0.6) is 0 Å². The summed E-state index contributed by atoms with van der Waals surface area (Å²) in [5.41, 5.74) is 4.21. The van der Waals surface area contributed by atoms with Gasteiger partial charge in [0.25, 0.3) is 0 Å².